The largest absolute Gasteiger partial charge is 0.385 e. The minimum atomic E-state index is -0.428. The van der Waals surface area contributed by atoms with E-state index in [9.17, 15) is 0 Å². The van der Waals surface area contributed by atoms with Crippen LogP contribution in [0.4, 0.5) is 0 Å². The number of nitrogens with one attached hydrogen (secondary N) is 1. The predicted molar refractivity (Wildman–Crippen MR) is 62.1 cm³/mol. The summed E-state index contributed by atoms with van der Waals surface area (Å²) in [4.78, 5) is 0. The maximum absolute atomic E-state index is 9.11. The Morgan fingerprint density at radius 2 is 2.12 bits per heavy atom. The van der Waals surface area contributed by atoms with Crippen molar-refractivity contribution in [3.63, 3.8) is 0 Å². The quantitative estimate of drug-likeness (QED) is 0.605. The van der Waals surface area contributed by atoms with Crippen molar-refractivity contribution < 1.29 is 9.47 Å². The molecule has 0 bridgehead atoms. The number of ether oxygens (including phenoxy) is 2. The lowest BCUT2D eigenvalue weighted by molar-refractivity contribution is 0.0926. The lowest BCUT2D eigenvalue weighted by atomic mass is 10.0. The van der Waals surface area contributed by atoms with Crippen LogP contribution in [0.25, 0.3) is 0 Å². The molecule has 1 aliphatic carbocycles. The van der Waals surface area contributed by atoms with Crippen molar-refractivity contribution in [2.45, 2.75) is 44.2 Å². The Balaban J connectivity index is 2.06. The molecule has 0 radical (unpaired) electrons. The average molecular weight is 226 g/mol. The van der Waals surface area contributed by atoms with Crippen molar-refractivity contribution in [3.8, 4) is 6.07 Å². The highest BCUT2D eigenvalue weighted by Crippen LogP contribution is 2.23. The van der Waals surface area contributed by atoms with Crippen molar-refractivity contribution in [2.24, 2.45) is 0 Å². The van der Waals surface area contributed by atoms with Gasteiger partial charge < -0.3 is 9.47 Å². The second kappa shape index (κ2) is 6.85. The van der Waals surface area contributed by atoms with E-state index in [1.54, 1.807) is 7.11 Å². The summed E-state index contributed by atoms with van der Waals surface area (Å²) in [6.45, 7) is 4.02. The third-order valence-corrected chi connectivity index (χ3v) is 2.73. The highest BCUT2D eigenvalue weighted by atomic mass is 16.5. The van der Waals surface area contributed by atoms with E-state index >= 15 is 0 Å². The predicted octanol–water partition coefficient (Wildman–Crippen LogP) is 1.46. The Morgan fingerprint density at radius 3 is 2.69 bits per heavy atom. The van der Waals surface area contributed by atoms with Crippen molar-refractivity contribution in [2.75, 3.05) is 26.9 Å². The molecule has 0 amide bonds. The normalized spacial score (nSPS) is 19.1. The first-order chi connectivity index (χ1) is 7.70. The van der Waals surface area contributed by atoms with Crippen molar-refractivity contribution in [3.05, 3.63) is 0 Å². The Hall–Kier alpha value is -0.630. The number of hydrogen-bond donors (Lipinski definition) is 1. The van der Waals surface area contributed by atoms with Crippen molar-refractivity contribution in [1.82, 2.24) is 5.32 Å². The molecular formula is C12H22N2O2. The van der Waals surface area contributed by atoms with Crippen LogP contribution in [-0.2, 0) is 9.47 Å². The van der Waals surface area contributed by atoms with E-state index < -0.39 is 5.54 Å². The number of nitrogens with zero attached hydrogens (tertiary/aromatic N) is 1. The van der Waals surface area contributed by atoms with Gasteiger partial charge in [-0.3, -0.25) is 5.32 Å². The molecule has 1 unspecified atom stereocenters. The Morgan fingerprint density at radius 1 is 1.38 bits per heavy atom. The second-order valence-corrected chi connectivity index (χ2v) is 4.57. The number of nitriles is 1. The zero-order chi connectivity index (χ0) is 11.9. The topological polar surface area (TPSA) is 54.3 Å². The summed E-state index contributed by atoms with van der Waals surface area (Å²) >= 11 is 0. The fraction of sp³-hybridized carbons (Fsp3) is 0.917. The van der Waals surface area contributed by atoms with Crippen LogP contribution in [0, 0.1) is 11.3 Å². The molecule has 1 saturated carbocycles. The van der Waals surface area contributed by atoms with Crippen LogP contribution in [0.15, 0.2) is 0 Å². The van der Waals surface area contributed by atoms with Gasteiger partial charge in [-0.25, -0.2) is 0 Å². The molecule has 16 heavy (non-hydrogen) atoms. The number of rotatable bonds is 9. The minimum absolute atomic E-state index is 0.428. The first-order valence-electron chi connectivity index (χ1n) is 5.96. The summed E-state index contributed by atoms with van der Waals surface area (Å²) in [6.07, 6.45) is 4.06. The molecule has 0 spiro atoms. The molecular weight excluding hydrogens is 204 g/mol. The molecule has 1 rings (SSSR count). The van der Waals surface area contributed by atoms with Crippen LogP contribution >= 0.6 is 0 Å². The van der Waals surface area contributed by atoms with Crippen molar-refractivity contribution >= 4 is 0 Å². The number of hydrogen-bond acceptors (Lipinski definition) is 4. The fourth-order valence-corrected chi connectivity index (χ4v) is 1.52. The van der Waals surface area contributed by atoms with Gasteiger partial charge >= 0.3 is 0 Å². The molecule has 4 heteroatoms. The third-order valence-electron chi connectivity index (χ3n) is 2.73. The van der Waals surface area contributed by atoms with E-state index in [4.69, 9.17) is 14.7 Å². The van der Waals surface area contributed by atoms with Gasteiger partial charge in [0.1, 0.15) is 5.54 Å². The van der Waals surface area contributed by atoms with E-state index in [-0.39, 0.29) is 0 Å². The first-order valence-corrected chi connectivity index (χ1v) is 5.96. The number of methoxy groups -OCH3 is 1. The molecule has 1 fully saturated rings. The standard InChI is InChI=1S/C12H22N2O2/c1-12(10-13,14-11-4-5-11)6-9-16-8-3-7-15-2/h11,14H,3-9H2,1-2H3. The van der Waals surface area contributed by atoms with Gasteiger partial charge in [-0.2, -0.15) is 5.26 Å². The van der Waals surface area contributed by atoms with Crippen molar-refractivity contribution in [1.29, 1.82) is 5.26 Å². The Kier molecular flexibility index (Phi) is 5.75. The van der Waals surface area contributed by atoms with E-state index in [2.05, 4.69) is 11.4 Å². The molecule has 0 aliphatic heterocycles. The lowest BCUT2D eigenvalue weighted by Crippen LogP contribution is -2.43. The highest BCUT2D eigenvalue weighted by molar-refractivity contribution is 5.06. The van der Waals surface area contributed by atoms with E-state index in [0.29, 0.717) is 19.3 Å². The van der Waals surface area contributed by atoms with Gasteiger partial charge in [0, 0.05) is 39.4 Å². The first kappa shape index (κ1) is 13.4. The summed E-state index contributed by atoms with van der Waals surface area (Å²) in [5.41, 5.74) is -0.428. The van der Waals surface area contributed by atoms with Crippen LogP contribution in [0.2, 0.25) is 0 Å². The molecule has 4 nitrogen and oxygen atoms in total. The molecule has 1 N–H and O–H groups in total. The van der Waals surface area contributed by atoms with Gasteiger partial charge in [0.05, 0.1) is 6.07 Å². The molecule has 0 aromatic heterocycles. The van der Waals surface area contributed by atoms with Gasteiger partial charge in [0.15, 0.2) is 0 Å². The van der Waals surface area contributed by atoms with E-state index in [1.807, 2.05) is 6.92 Å². The molecule has 1 atom stereocenters. The fourth-order valence-electron chi connectivity index (χ4n) is 1.52. The second-order valence-electron chi connectivity index (χ2n) is 4.57. The maximum atomic E-state index is 9.11. The Bertz CT molecular complexity index is 236. The van der Waals surface area contributed by atoms with E-state index in [1.165, 1.54) is 12.8 Å². The SMILES string of the molecule is COCCCOCCC(C)(C#N)NC1CC1. The van der Waals surface area contributed by atoms with E-state index in [0.717, 1.165) is 19.4 Å². The summed E-state index contributed by atoms with van der Waals surface area (Å²) in [7, 11) is 1.69. The maximum Gasteiger partial charge on any atom is 0.106 e. The summed E-state index contributed by atoms with van der Waals surface area (Å²) in [5, 5.41) is 12.5. The zero-order valence-electron chi connectivity index (χ0n) is 10.3. The third kappa shape index (κ3) is 5.45. The van der Waals surface area contributed by atoms with Crippen LogP contribution in [0.1, 0.15) is 32.6 Å². The molecule has 0 aromatic carbocycles. The van der Waals surface area contributed by atoms with Gasteiger partial charge in [-0.1, -0.05) is 0 Å². The summed E-state index contributed by atoms with van der Waals surface area (Å²) < 4.78 is 10.4. The smallest absolute Gasteiger partial charge is 0.106 e. The van der Waals surface area contributed by atoms with Gasteiger partial charge in [-0.15, -0.1) is 0 Å². The lowest BCUT2D eigenvalue weighted by Gasteiger charge is -2.23. The van der Waals surface area contributed by atoms with Crippen LogP contribution < -0.4 is 5.32 Å². The molecule has 0 aromatic rings. The van der Waals surface area contributed by atoms with Gasteiger partial charge in [-0.05, 0) is 26.2 Å². The zero-order valence-corrected chi connectivity index (χ0v) is 10.3. The van der Waals surface area contributed by atoms with Crippen LogP contribution in [0.3, 0.4) is 0 Å². The molecule has 0 saturated heterocycles. The van der Waals surface area contributed by atoms with Crippen LogP contribution in [0.5, 0.6) is 0 Å². The van der Waals surface area contributed by atoms with Gasteiger partial charge in [0.25, 0.3) is 0 Å². The summed E-state index contributed by atoms with van der Waals surface area (Å²) in [6, 6.07) is 2.89. The highest BCUT2D eigenvalue weighted by Gasteiger charge is 2.32. The Labute approximate surface area is 97.9 Å². The molecule has 1 aliphatic rings. The summed E-state index contributed by atoms with van der Waals surface area (Å²) in [5.74, 6) is 0. The van der Waals surface area contributed by atoms with Crippen LogP contribution in [-0.4, -0.2) is 38.5 Å². The average Bonchev–Trinajstić information content (AvgIpc) is 3.07. The monoisotopic (exact) mass is 226 g/mol. The molecule has 0 heterocycles. The van der Waals surface area contributed by atoms with Gasteiger partial charge in [0.2, 0.25) is 0 Å². The minimum Gasteiger partial charge on any atom is -0.385 e. The molecule has 92 valence electrons.